The molecule has 0 bridgehead atoms. The molecule has 0 saturated heterocycles. The lowest BCUT2D eigenvalue weighted by Gasteiger charge is -2.59. The number of Topliss-reactive ketones (excluding diaryl/α,β-unsaturated/α-hetero) is 3. The molecule has 0 spiro atoms. The minimum atomic E-state index is -0.915. The molecule has 0 aromatic heterocycles. The fraction of sp³-hybridized carbons (Fsp3) is 0.500. The second kappa shape index (κ2) is 10.2. The van der Waals surface area contributed by atoms with Gasteiger partial charge >= 0.3 is 0 Å². The third-order valence-corrected chi connectivity index (χ3v) is 10.9. The zero-order valence-corrected chi connectivity index (χ0v) is 26.9. The normalized spacial score (nSPS) is 30.5. The molecule has 4 unspecified atom stereocenters. The van der Waals surface area contributed by atoms with Gasteiger partial charge in [-0.2, -0.15) is 0 Å². The molecular formula is C38H44O4. The average Bonchev–Trinajstić information content (AvgIpc) is 2.90. The number of carbonyl (C=O) groups excluding carboxylic acids is 3. The first-order valence-electron chi connectivity index (χ1n) is 15.2. The number of rotatable bonds is 3. The van der Waals surface area contributed by atoms with Gasteiger partial charge in [0.2, 0.25) is 0 Å². The van der Waals surface area contributed by atoms with E-state index < -0.39 is 16.2 Å². The molecule has 0 heterocycles. The Morgan fingerprint density at radius 3 is 2.33 bits per heavy atom. The monoisotopic (exact) mass is 564 g/mol. The first-order valence-corrected chi connectivity index (χ1v) is 15.2. The Balaban J connectivity index is 1.69. The van der Waals surface area contributed by atoms with Crippen LogP contribution in [0.5, 0.6) is 0 Å². The quantitative estimate of drug-likeness (QED) is 0.278. The van der Waals surface area contributed by atoms with E-state index in [1.54, 1.807) is 7.11 Å². The van der Waals surface area contributed by atoms with Gasteiger partial charge in [-0.15, -0.1) is 0 Å². The third kappa shape index (κ3) is 4.27. The lowest BCUT2D eigenvalue weighted by molar-refractivity contribution is -0.134. The summed E-state index contributed by atoms with van der Waals surface area (Å²) in [6.07, 6.45) is 9.12. The molecule has 0 saturated carbocycles. The van der Waals surface area contributed by atoms with Crippen molar-refractivity contribution in [2.75, 3.05) is 7.11 Å². The first-order chi connectivity index (χ1) is 19.6. The molecule has 0 N–H and O–H groups in total. The van der Waals surface area contributed by atoms with Crippen molar-refractivity contribution < 1.29 is 19.1 Å². The topological polar surface area (TPSA) is 60.4 Å². The number of hydrogen-bond acceptors (Lipinski definition) is 4. The summed E-state index contributed by atoms with van der Waals surface area (Å²) in [6, 6.07) is 2.19. The Hall–Kier alpha value is -3.29. The molecule has 0 radical (unpaired) electrons. The van der Waals surface area contributed by atoms with Crippen LogP contribution in [0.15, 0.2) is 52.2 Å². The Morgan fingerprint density at radius 1 is 1.07 bits per heavy atom. The van der Waals surface area contributed by atoms with E-state index in [1.807, 2.05) is 39.8 Å². The van der Waals surface area contributed by atoms with Gasteiger partial charge in [0, 0.05) is 34.8 Å². The molecule has 0 aliphatic heterocycles. The second-order valence-electron chi connectivity index (χ2n) is 14.1. The maximum Gasteiger partial charge on any atom is 0.190 e. The molecule has 1 aromatic rings. The highest BCUT2D eigenvalue weighted by Crippen LogP contribution is 2.66. The van der Waals surface area contributed by atoms with Crippen molar-refractivity contribution in [1.29, 1.82) is 0 Å². The van der Waals surface area contributed by atoms with E-state index in [4.69, 9.17) is 4.74 Å². The Kier molecular flexibility index (Phi) is 7.30. The van der Waals surface area contributed by atoms with Crippen LogP contribution in [0.3, 0.4) is 0 Å². The lowest BCUT2D eigenvalue weighted by atomic mass is 9.42. The average molecular weight is 565 g/mol. The van der Waals surface area contributed by atoms with Gasteiger partial charge in [-0.1, -0.05) is 62.8 Å². The third-order valence-electron chi connectivity index (χ3n) is 10.9. The van der Waals surface area contributed by atoms with Crippen LogP contribution in [-0.2, 0) is 20.7 Å². The Morgan fingerprint density at radius 2 is 1.76 bits per heavy atom. The van der Waals surface area contributed by atoms with Crippen molar-refractivity contribution in [3.05, 3.63) is 80.0 Å². The number of carbonyl (C=O) groups is 3. The Bertz CT molecular complexity index is 1630. The molecule has 4 aliphatic rings. The van der Waals surface area contributed by atoms with Gasteiger partial charge in [-0.3, -0.25) is 14.4 Å². The summed E-state index contributed by atoms with van der Waals surface area (Å²) in [7, 11) is 1.71. The largest absolute Gasteiger partial charge is 0.377 e. The maximum absolute atomic E-state index is 14.8. The number of methoxy groups -OCH3 is 1. The van der Waals surface area contributed by atoms with Gasteiger partial charge in [0.15, 0.2) is 17.3 Å². The predicted molar refractivity (Wildman–Crippen MR) is 167 cm³/mol. The van der Waals surface area contributed by atoms with E-state index in [0.29, 0.717) is 18.4 Å². The number of hydrogen-bond donors (Lipinski definition) is 0. The summed E-state index contributed by atoms with van der Waals surface area (Å²) in [4.78, 5) is 41.5. The van der Waals surface area contributed by atoms with Gasteiger partial charge in [0.1, 0.15) is 0 Å². The van der Waals surface area contributed by atoms with Gasteiger partial charge in [0.25, 0.3) is 0 Å². The molecule has 5 rings (SSSR count). The van der Waals surface area contributed by atoms with Crippen molar-refractivity contribution in [2.45, 2.75) is 100 Å². The zero-order valence-electron chi connectivity index (χ0n) is 26.9. The number of benzene rings is 1. The van der Waals surface area contributed by atoms with E-state index in [0.717, 1.165) is 57.4 Å². The van der Waals surface area contributed by atoms with Gasteiger partial charge < -0.3 is 4.74 Å². The van der Waals surface area contributed by atoms with E-state index in [1.165, 1.54) is 12.5 Å². The lowest BCUT2D eigenvalue weighted by Crippen LogP contribution is -2.57. The van der Waals surface area contributed by atoms with E-state index in [9.17, 15) is 14.4 Å². The SMILES string of the molecule is COC1C=CC(C#Cc2cc(C(C)C)c3c(c2C)C(=O)C2=C(C)C4(C)C(=O)C(C(C)=O)=C(C)CC4(C)CC2(C)C3)=CC1. The highest BCUT2D eigenvalue weighted by atomic mass is 16.5. The predicted octanol–water partition coefficient (Wildman–Crippen LogP) is 7.73. The maximum atomic E-state index is 14.8. The smallest absolute Gasteiger partial charge is 0.190 e. The molecular weight excluding hydrogens is 520 g/mol. The molecule has 4 aliphatic carbocycles. The fourth-order valence-corrected chi connectivity index (χ4v) is 8.66. The molecule has 4 heteroatoms. The van der Waals surface area contributed by atoms with Crippen molar-refractivity contribution in [3.63, 3.8) is 0 Å². The number of ether oxygens (including phenoxy) is 1. The van der Waals surface area contributed by atoms with E-state index in [-0.39, 0.29) is 29.4 Å². The van der Waals surface area contributed by atoms with Gasteiger partial charge in [0.05, 0.1) is 17.1 Å². The van der Waals surface area contributed by atoms with Crippen molar-refractivity contribution in [3.8, 4) is 11.8 Å². The molecule has 4 atom stereocenters. The minimum absolute atomic E-state index is 0.0192. The first kappa shape index (κ1) is 30.2. The molecule has 0 fully saturated rings. The molecule has 42 heavy (non-hydrogen) atoms. The molecule has 220 valence electrons. The van der Waals surface area contributed by atoms with Crippen LogP contribution in [0.2, 0.25) is 0 Å². The van der Waals surface area contributed by atoms with E-state index >= 15 is 0 Å². The summed E-state index contributed by atoms with van der Waals surface area (Å²) in [6.45, 7) is 18.1. The molecule has 4 nitrogen and oxygen atoms in total. The second-order valence-corrected chi connectivity index (χ2v) is 14.1. The van der Waals surface area contributed by atoms with Crippen LogP contribution in [0.25, 0.3) is 0 Å². The molecule has 0 amide bonds. The summed E-state index contributed by atoms with van der Waals surface area (Å²) in [5.41, 5.74) is 6.84. The van der Waals surface area contributed by atoms with Crippen LogP contribution in [0, 0.1) is 35.0 Å². The van der Waals surface area contributed by atoms with Crippen LogP contribution >= 0.6 is 0 Å². The van der Waals surface area contributed by atoms with Crippen LogP contribution in [0.4, 0.5) is 0 Å². The van der Waals surface area contributed by atoms with Crippen molar-refractivity contribution >= 4 is 17.3 Å². The number of ketones is 3. The van der Waals surface area contributed by atoms with Crippen molar-refractivity contribution in [2.24, 2.45) is 16.2 Å². The molecule has 1 aromatic carbocycles. The van der Waals surface area contributed by atoms with Crippen LogP contribution in [-0.4, -0.2) is 30.6 Å². The van der Waals surface area contributed by atoms with Crippen LogP contribution in [0.1, 0.15) is 113 Å². The highest BCUT2D eigenvalue weighted by Gasteiger charge is 2.63. The highest BCUT2D eigenvalue weighted by molar-refractivity contribution is 6.24. The summed E-state index contributed by atoms with van der Waals surface area (Å²) >= 11 is 0. The number of fused-ring (bicyclic) bond motifs is 3. The van der Waals surface area contributed by atoms with Crippen molar-refractivity contribution in [1.82, 2.24) is 0 Å². The number of allylic oxidation sites excluding steroid dienone is 6. The van der Waals surface area contributed by atoms with Crippen LogP contribution < -0.4 is 0 Å². The van der Waals surface area contributed by atoms with Gasteiger partial charge in [-0.05, 0) is 100 Å². The zero-order chi connectivity index (χ0) is 30.9. The van der Waals surface area contributed by atoms with Gasteiger partial charge in [-0.25, -0.2) is 0 Å². The summed E-state index contributed by atoms with van der Waals surface area (Å²) in [5.74, 6) is 6.64. The fourth-order valence-electron chi connectivity index (χ4n) is 8.66. The summed E-state index contributed by atoms with van der Waals surface area (Å²) in [5, 5.41) is 0. The summed E-state index contributed by atoms with van der Waals surface area (Å²) < 4.78 is 5.41. The Labute approximate surface area is 251 Å². The minimum Gasteiger partial charge on any atom is -0.377 e. The standard InChI is InChI=1S/C38H44O4/c1-21(2)29-17-27(14-11-26-12-15-28(42-10)16-13-26)23(4)32-30(29)19-36(7)20-37(8)18-22(3)31(25(6)39)35(41)38(37,9)24(5)33(36)34(32)40/h12-13,15,17,21,28H,16,18-20H2,1-10H3. The van der Waals surface area contributed by atoms with E-state index in [2.05, 4.69) is 51.7 Å².